The van der Waals surface area contributed by atoms with E-state index in [4.69, 9.17) is 31.3 Å². The Hall–Kier alpha value is 1.01. The zero-order chi connectivity index (χ0) is 10.6. The molecule has 0 aliphatic heterocycles. The van der Waals surface area contributed by atoms with Gasteiger partial charge in [-0.05, 0) is 13.8 Å². The number of aliphatic carboxylic acids is 2. The van der Waals surface area contributed by atoms with Crippen molar-refractivity contribution in [3.8, 4) is 0 Å². The third kappa shape index (κ3) is 630. The molecule has 0 amide bonds. The minimum Gasteiger partial charge on any atom is -1.00 e. The molecule has 15 heavy (non-hydrogen) atoms. The Kier molecular flexibility index (Phi) is 87.1. The number of halogens is 2. The first-order valence-electron chi connectivity index (χ1n) is 3.13. The SMILES string of the molecule is CC(=O)[O-].CC(=O)[O-].NCCN.[I-].[I-].[Pt+4]. The van der Waals surface area contributed by atoms with Crippen molar-refractivity contribution in [3.63, 3.8) is 0 Å². The smallest absolute Gasteiger partial charge is 1.00 e. The maximum atomic E-state index is 8.89. The second kappa shape index (κ2) is 36.3. The number of carboxylic acids is 2. The fourth-order valence-corrected chi connectivity index (χ4v) is 0. The summed E-state index contributed by atoms with van der Waals surface area (Å²) in [6.45, 7) is 3.14. The topological polar surface area (TPSA) is 132 Å². The summed E-state index contributed by atoms with van der Waals surface area (Å²) >= 11 is 0. The summed E-state index contributed by atoms with van der Waals surface area (Å²) in [5, 5.41) is 17.8. The molecule has 0 aromatic carbocycles. The maximum Gasteiger partial charge on any atom is 4.00 e. The zero-order valence-corrected chi connectivity index (χ0v) is 14.9. The molecular weight excluding hydrogens is 613 g/mol. The van der Waals surface area contributed by atoms with Crippen molar-refractivity contribution in [2.75, 3.05) is 13.1 Å². The van der Waals surface area contributed by atoms with Gasteiger partial charge in [0.2, 0.25) is 0 Å². The predicted octanol–water partition coefficient (Wildman–Crippen LogP) is -9.58. The average molecular weight is 627 g/mol. The molecule has 96 valence electrons. The van der Waals surface area contributed by atoms with Crippen LogP contribution < -0.4 is 69.6 Å². The molecular formula is C6H14I2N2O4Pt. The second-order valence-corrected chi connectivity index (χ2v) is 1.56. The van der Waals surface area contributed by atoms with Crippen molar-refractivity contribution < 1.29 is 88.8 Å². The number of rotatable bonds is 1. The predicted molar refractivity (Wildman–Crippen MR) is 39.5 cm³/mol. The normalized spacial score (nSPS) is 5.33. The Morgan fingerprint density at radius 1 is 0.933 bits per heavy atom. The van der Waals surface area contributed by atoms with Crippen LogP contribution in [0.25, 0.3) is 0 Å². The van der Waals surface area contributed by atoms with Crippen molar-refractivity contribution in [1.29, 1.82) is 0 Å². The van der Waals surface area contributed by atoms with Gasteiger partial charge in [-0.2, -0.15) is 0 Å². The molecule has 0 radical (unpaired) electrons. The third-order valence-electron chi connectivity index (χ3n) is 0.167. The first kappa shape index (κ1) is 36.0. The van der Waals surface area contributed by atoms with E-state index in [1.807, 2.05) is 0 Å². The molecule has 6 nitrogen and oxygen atoms in total. The fraction of sp³-hybridized carbons (Fsp3) is 0.667. The molecule has 0 bridgehead atoms. The third-order valence-corrected chi connectivity index (χ3v) is 0.167. The number of hydrogen-bond acceptors (Lipinski definition) is 6. The molecule has 0 rings (SSSR count). The Morgan fingerprint density at radius 2 is 1.00 bits per heavy atom. The van der Waals surface area contributed by atoms with Gasteiger partial charge < -0.3 is 79.2 Å². The summed E-state index contributed by atoms with van der Waals surface area (Å²) in [6.07, 6.45) is 0. The van der Waals surface area contributed by atoms with Gasteiger partial charge in [-0.25, -0.2) is 0 Å². The number of carbonyl (C=O) groups excluding carboxylic acids is 2. The summed E-state index contributed by atoms with van der Waals surface area (Å²) in [5.74, 6) is -2.17. The Balaban J connectivity index is -0.0000000184. The van der Waals surface area contributed by atoms with Crippen molar-refractivity contribution in [3.05, 3.63) is 0 Å². The summed E-state index contributed by atoms with van der Waals surface area (Å²) in [5.41, 5.74) is 9.81. The van der Waals surface area contributed by atoms with Crippen molar-refractivity contribution in [2.45, 2.75) is 13.8 Å². The van der Waals surface area contributed by atoms with E-state index in [1.54, 1.807) is 0 Å². The fourth-order valence-electron chi connectivity index (χ4n) is 0. The number of hydrogen-bond donors (Lipinski definition) is 2. The van der Waals surface area contributed by atoms with Crippen LogP contribution in [0.1, 0.15) is 13.8 Å². The number of carboxylic acid groups (broad SMARTS) is 2. The van der Waals surface area contributed by atoms with Crippen LogP contribution in [0.3, 0.4) is 0 Å². The molecule has 0 aliphatic rings. The molecule has 0 aliphatic carbocycles. The van der Waals surface area contributed by atoms with E-state index in [0.29, 0.717) is 13.1 Å². The van der Waals surface area contributed by atoms with Crippen LogP contribution >= 0.6 is 0 Å². The van der Waals surface area contributed by atoms with Crippen molar-refractivity contribution in [2.24, 2.45) is 11.5 Å². The zero-order valence-electron chi connectivity index (χ0n) is 8.27. The van der Waals surface area contributed by atoms with Crippen molar-refractivity contribution in [1.82, 2.24) is 0 Å². The van der Waals surface area contributed by atoms with E-state index in [-0.39, 0.29) is 69.0 Å². The van der Waals surface area contributed by atoms with Gasteiger partial charge in [0.25, 0.3) is 0 Å². The molecule has 0 aromatic heterocycles. The van der Waals surface area contributed by atoms with Crippen LogP contribution in [0.15, 0.2) is 0 Å². The monoisotopic (exact) mass is 627 g/mol. The maximum absolute atomic E-state index is 8.89. The van der Waals surface area contributed by atoms with E-state index in [9.17, 15) is 0 Å². The van der Waals surface area contributed by atoms with Gasteiger partial charge in [0.05, 0.1) is 0 Å². The first-order chi connectivity index (χ1) is 5.38. The summed E-state index contributed by atoms with van der Waals surface area (Å²) in [4.78, 5) is 17.8. The summed E-state index contributed by atoms with van der Waals surface area (Å²) < 4.78 is 0. The molecule has 0 aromatic rings. The molecule has 0 fully saturated rings. The quantitative estimate of drug-likeness (QED) is 0.278. The van der Waals surface area contributed by atoms with Gasteiger partial charge in [0.15, 0.2) is 0 Å². The second-order valence-electron chi connectivity index (χ2n) is 1.56. The standard InChI is InChI=1S/C2H8N2.2C2H4O2.2HI.Pt/c3-1-2-4;2*1-2(3)4;;;/h1-4H2;2*1H3,(H,3,4);2*1H;/q;;;;;+4/p-4. The van der Waals surface area contributed by atoms with Crippen LogP contribution in [0.4, 0.5) is 0 Å². The Morgan fingerprint density at radius 3 is 1.00 bits per heavy atom. The Labute approximate surface area is 138 Å². The molecule has 0 spiro atoms. The first-order valence-corrected chi connectivity index (χ1v) is 3.13. The van der Waals surface area contributed by atoms with E-state index >= 15 is 0 Å². The molecule has 0 saturated carbocycles. The van der Waals surface area contributed by atoms with Crippen LogP contribution in [-0.2, 0) is 30.7 Å². The van der Waals surface area contributed by atoms with Crippen LogP contribution in [-0.4, -0.2) is 25.0 Å². The summed E-state index contributed by atoms with van der Waals surface area (Å²) in [6, 6.07) is 0. The largest absolute Gasteiger partial charge is 4.00 e. The van der Waals surface area contributed by atoms with Gasteiger partial charge in [0.1, 0.15) is 0 Å². The van der Waals surface area contributed by atoms with E-state index in [0.717, 1.165) is 13.8 Å². The van der Waals surface area contributed by atoms with Gasteiger partial charge in [0, 0.05) is 25.0 Å². The molecule has 0 atom stereocenters. The number of carbonyl (C=O) groups is 2. The summed E-state index contributed by atoms with van der Waals surface area (Å²) in [7, 11) is 0. The van der Waals surface area contributed by atoms with Gasteiger partial charge in [-0.1, -0.05) is 0 Å². The van der Waals surface area contributed by atoms with Gasteiger partial charge in [-0.15, -0.1) is 0 Å². The molecule has 4 N–H and O–H groups in total. The van der Waals surface area contributed by atoms with Crippen LogP contribution in [0.5, 0.6) is 0 Å². The molecule has 9 heteroatoms. The van der Waals surface area contributed by atoms with Gasteiger partial charge >= 0.3 is 21.1 Å². The van der Waals surface area contributed by atoms with E-state index < -0.39 is 11.9 Å². The Bertz CT molecular complexity index is 108. The van der Waals surface area contributed by atoms with Crippen LogP contribution in [0, 0.1) is 0 Å². The van der Waals surface area contributed by atoms with Crippen LogP contribution in [0.2, 0.25) is 0 Å². The average Bonchev–Trinajstić information content (AvgIpc) is 1.85. The van der Waals surface area contributed by atoms with Gasteiger partial charge in [-0.3, -0.25) is 0 Å². The number of nitrogens with two attached hydrogens (primary N) is 2. The van der Waals surface area contributed by atoms with E-state index in [1.165, 1.54) is 0 Å². The molecule has 0 saturated heterocycles. The van der Waals surface area contributed by atoms with Crippen molar-refractivity contribution >= 4 is 11.9 Å². The molecule has 0 unspecified atom stereocenters. The molecule has 0 heterocycles. The minimum absolute atomic E-state index is 0. The van der Waals surface area contributed by atoms with E-state index in [2.05, 4.69) is 0 Å². The minimum atomic E-state index is -1.08.